The molecule has 22 heavy (non-hydrogen) atoms. The van der Waals surface area contributed by atoms with E-state index in [9.17, 15) is 0 Å². The normalized spacial score (nSPS) is 14.5. The molecule has 0 radical (unpaired) electrons. The predicted octanol–water partition coefficient (Wildman–Crippen LogP) is -0.295. The molecule has 0 unspecified atom stereocenters. The fourth-order valence-electron chi connectivity index (χ4n) is 1.76. The van der Waals surface area contributed by atoms with Crippen LogP contribution in [0.3, 0.4) is 0 Å². The molecule has 0 fully saturated rings. The van der Waals surface area contributed by atoms with Gasteiger partial charge in [0.1, 0.15) is 0 Å². The molecule has 2 aliphatic rings. The van der Waals surface area contributed by atoms with Crippen molar-refractivity contribution in [2.45, 2.75) is 67.2 Å². The van der Waals surface area contributed by atoms with Crippen LogP contribution in [0.2, 0.25) is 0 Å². The summed E-state index contributed by atoms with van der Waals surface area (Å²) >= 11 is 2.08. The van der Waals surface area contributed by atoms with E-state index in [1.165, 1.54) is 26.1 Å². The molecule has 2 rings (SSSR count). The van der Waals surface area contributed by atoms with Gasteiger partial charge in [-0.3, -0.25) is 12.2 Å². The predicted molar refractivity (Wildman–Crippen MR) is 87.2 cm³/mol. The van der Waals surface area contributed by atoms with Crippen molar-refractivity contribution >= 4 is 3.81 Å². The summed E-state index contributed by atoms with van der Waals surface area (Å²) < 4.78 is 1.42. The first-order valence-electron chi connectivity index (χ1n) is 7.44. The van der Waals surface area contributed by atoms with Crippen molar-refractivity contribution in [3.63, 3.8) is 0 Å². The molecule has 124 valence electrons. The Bertz CT molecular complexity index is 400. The summed E-state index contributed by atoms with van der Waals surface area (Å²) in [4.78, 5) is 0. The quantitative estimate of drug-likeness (QED) is 0.460. The fourth-order valence-corrected chi connectivity index (χ4v) is 1.76. The third-order valence-electron chi connectivity index (χ3n) is 2.79. The summed E-state index contributed by atoms with van der Waals surface area (Å²) in [7, 11) is 0. The van der Waals surface area contributed by atoms with Crippen molar-refractivity contribution in [2.24, 2.45) is 0 Å². The first kappa shape index (κ1) is 27.0. The minimum Gasteiger partial charge on any atom is -1.00 e. The SMILES string of the molecule is CCC1=[C-]CC(C)=C1.CCC1=[C-]CC(C)=C1.C[C](C)=[Ti+2].[Cl-].[Cl-]. The fraction of sp³-hybridized carbons (Fsp3) is 0.526. The molecule has 0 atom stereocenters. The first-order valence-corrected chi connectivity index (χ1v) is 8.22. The number of hydrogen-bond acceptors (Lipinski definition) is 0. The second-order valence-corrected chi connectivity index (χ2v) is 7.01. The molecule has 0 spiro atoms. The Labute approximate surface area is 162 Å². The van der Waals surface area contributed by atoms with Gasteiger partial charge in [-0.15, -0.1) is 12.8 Å². The van der Waals surface area contributed by atoms with Gasteiger partial charge in [0, 0.05) is 0 Å². The molecule has 0 N–H and O–H groups in total. The minimum atomic E-state index is 0. The van der Waals surface area contributed by atoms with Crippen LogP contribution >= 0.6 is 0 Å². The van der Waals surface area contributed by atoms with E-state index >= 15 is 0 Å². The Morgan fingerprint density at radius 3 is 1.27 bits per heavy atom. The molecule has 0 heterocycles. The smallest absolute Gasteiger partial charge is 1.00 e. The Balaban J connectivity index is -0.000000249. The van der Waals surface area contributed by atoms with E-state index in [-0.39, 0.29) is 24.8 Å². The summed E-state index contributed by atoms with van der Waals surface area (Å²) in [6.45, 7) is 12.8. The monoisotopic (exact) mass is 374 g/mol. The van der Waals surface area contributed by atoms with E-state index in [1.807, 2.05) is 0 Å². The van der Waals surface area contributed by atoms with Crippen molar-refractivity contribution in [3.8, 4) is 0 Å². The molecule has 0 saturated carbocycles. The summed E-state index contributed by atoms with van der Waals surface area (Å²) in [6, 6.07) is 0. The average molecular weight is 375 g/mol. The largest absolute Gasteiger partial charge is 1.00 e. The van der Waals surface area contributed by atoms with E-state index in [0.717, 1.165) is 25.7 Å². The number of allylic oxidation sites excluding steroid dienone is 8. The maximum atomic E-state index is 3.28. The van der Waals surface area contributed by atoms with Crippen LogP contribution in [0.5, 0.6) is 0 Å². The molecule has 0 amide bonds. The molecule has 0 saturated heterocycles. The minimum absolute atomic E-state index is 0. The van der Waals surface area contributed by atoms with Crippen LogP contribution in [0.1, 0.15) is 67.2 Å². The zero-order valence-corrected chi connectivity index (χ0v) is 17.8. The molecule has 0 nitrogen and oxygen atoms in total. The van der Waals surface area contributed by atoms with E-state index in [1.54, 1.807) is 0 Å². The van der Waals surface area contributed by atoms with Gasteiger partial charge in [0.05, 0.1) is 0 Å². The maximum Gasteiger partial charge on any atom is -1.00 e. The second kappa shape index (κ2) is 16.0. The van der Waals surface area contributed by atoms with Crippen LogP contribution < -0.4 is 24.8 Å². The maximum absolute atomic E-state index is 3.28. The van der Waals surface area contributed by atoms with Crippen molar-refractivity contribution in [3.05, 3.63) is 46.6 Å². The van der Waals surface area contributed by atoms with Gasteiger partial charge < -0.3 is 24.8 Å². The van der Waals surface area contributed by atoms with Crippen molar-refractivity contribution in [2.75, 3.05) is 0 Å². The Hall–Kier alpha value is 0.124. The average Bonchev–Trinajstić information content (AvgIpc) is 2.97. The van der Waals surface area contributed by atoms with Gasteiger partial charge >= 0.3 is 37.6 Å². The standard InChI is InChI=1S/2C8H11.C3H6.2ClH.Ti/c2*1-3-8-5-4-7(2)6-8;1-3-2;;;/h2*6H,3-4H2,1-2H3;1-2H3;2*1H;/q2*-1;;;;+2/p-2. The van der Waals surface area contributed by atoms with Crippen LogP contribution in [0, 0.1) is 12.2 Å². The summed E-state index contributed by atoms with van der Waals surface area (Å²) in [6.07, 6.45) is 15.4. The zero-order chi connectivity index (χ0) is 15.5. The van der Waals surface area contributed by atoms with E-state index in [4.69, 9.17) is 0 Å². The zero-order valence-electron chi connectivity index (χ0n) is 14.7. The Kier molecular flexibility index (Phi) is 19.6. The van der Waals surface area contributed by atoms with Gasteiger partial charge in [-0.2, -0.15) is 11.1 Å². The Morgan fingerprint density at radius 1 is 0.909 bits per heavy atom. The van der Waals surface area contributed by atoms with Crippen LogP contribution in [0.15, 0.2) is 34.4 Å². The molecule has 3 heteroatoms. The molecule has 0 aromatic carbocycles. The molecular formula is C19H28Cl2Ti-2. The molecular weight excluding hydrogens is 347 g/mol. The molecule has 2 aliphatic carbocycles. The van der Waals surface area contributed by atoms with Gasteiger partial charge in [-0.25, -0.2) is 23.3 Å². The third-order valence-corrected chi connectivity index (χ3v) is 2.79. The third kappa shape index (κ3) is 15.0. The second-order valence-electron chi connectivity index (χ2n) is 5.45. The summed E-state index contributed by atoms with van der Waals surface area (Å²) in [5.74, 6) is 0. The van der Waals surface area contributed by atoms with Crippen molar-refractivity contribution in [1.82, 2.24) is 0 Å². The van der Waals surface area contributed by atoms with Crippen LogP contribution in [0.4, 0.5) is 0 Å². The first-order chi connectivity index (χ1) is 9.38. The van der Waals surface area contributed by atoms with E-state index < -0.39 is 0 Å². The number of halogens is 2. The molecule has 0 aliphatic heterocycles. The topological polar surface area (TPSA) is 0 Å². The van der Waals surface area contributed by atoms with Gasteiger partial charge in [-0.1, -0.05) is 40.5 Å². The van der Waals surface area contributed by atoms with Crippen molar-refractivity contribution < 1.29 is 44.8 Å². The number of hydrogen-bond donors (Lipinski definition) is 0. The Morgan fingerprint density at radius 2 is 1.18 bits per heavy atom. The van der Waals surface area contributed by atoms with E-state index in [0.29, 0.717) is 0 Å². The summed E-state index contributed by atoms with van der Waals surface area (Å²) in [5, 5.41) is 0. The van der Waals surface area contributed by atoms with Gasteiger partial charge in [0.25, 0.3) is 0 Å². The van der Waals surface area contributed by atoms with Gasteiger partial charge in [0.2, 0.25) is 0 Å². The molecule has 0 bridgehead atoms. The molecule has 0 aromatic rings. The van der Waals surface area contributed by atoms with E-state index in [2.05, 4.69) is 85.8 Å². The van der Waals surface area contributed by atoms with Crippen LogP contribution in [-0.4, -0.2) is 3.81 Å². The van der Waals surface area contributed by atoms with Gasteiger partial charge in [0.15, 0.2) is 0 Å². The van der Waals surface area contributed by atoms with Crippen LogP contribution in [0.25, 0.3) is 0 Å². The number of rotatable bonds is 2. The van der Waals surface area contributed by atoms with Gasteiger partial charge in [-0.05, 0) is 0 Å². The van der Waals surface area contributed by atoms with Crippen LogP contribution in [-0.2, 0) is 20.0 Å². The molecule has 0 aromatic heterocycles. The van der Waals surface area contributed by atoms with Crippen molar-refractivity contribution in [1.29, 1.82) is 0 Å². The summed E-state index contributed by atoms with van der Waals surface area (Å²) in [5.41, 5.74) is 5.65.